The summed E-state index contributed by atoms with van der Waals surface area (Å²) in [7, 11) is 0. The van der Waals surface area contributed by atoms with Crippen molar-refractivity contribution in [3.63, 3.8) is 0 Å². The quantitative estimate of drug-likeness (QED) is 0.881. The third-order valence-electron chi connectivity index (χ3n) is 4.87. The first-order valence-electron chi connectivity index (χ1n) is 9.18. The molecule has 1 aliphatic rings. The van der Waals surface area contributed by atoms with Gasteiger partial charge in [0.1, 0.15) is 0 Å². The fourth-order valence-electron chi connectivity index (χ4n) is 4.21. The average Bonchev–Trinajstić information content (AvgIpc) is 2.51. The normalized spacial score (nSPS) is 19.4. The molecule has 2 aromatic rings. The number of para-hydroxylation sites is 1. The van der Waals surface area contributed by atoms with E-state index in [-0.39, 0.29) is 35.0 Å². The van der Waals surface area contributed by atoms with Gasteiger partial charge in [-0.1, -0.05) is 12.1 Å². The highest BCUT2D eigenvalue weighted by Gasteiger charge is 2.38. The molecule has 0 saturated carbocycles. The monoisotopic (exact) mass is 356 g/mol. The Balaban J connectivity index is 1.63. The van der Waals surface area contributed by atoms with Crippen molar-refractivity contribution in [1.82, 2.24) is 20.2 Å². The predicted molar refractivity (Wildman–Crippen MR) is 103 cm³/mol. The summed E-state index contributed by atoms with van der Waals surface area (Å²) in [5.41, 5.74) is 0.544. The first-order chi connectivity index (χ1) is 12.2. The SMILES string of the molecule is CC1(C)CC(NC(=O)CCn2cnc3ccccc3c2=O)CC(C)(C)N1. The van der Waals surface area contributed by atoms with Crippen molar-refractivity contribution in [1.29, 1.82) is 0 Å². The van der Waals surface area contributed by atoms with E-state index < -0.39 is 0 Å². The lowest BCUT2D eigenvalue weighted by atomic mass is 9.79. The summed E-state index contributed by atoms with van der Waals surface area (Å²) < 4.78 is 1.51. The summed E-state index contributed by atoms with van der Waals surface area (Å²) in [6.07, 6.45) is 3.57. The summed E-state index contributed by atoms with van der Waals surface area (Å²) in [4.78, 5) is 29.2. The molecule has 0 spiro atoms. The molecular weight excluding hydrogens is 328 g/mol. The van der Waals surface area contributed by atoms with Crippen LogP contribution in [0.4, 0.5) is 0 Å². The average molecular weight is 356 g/mol. The second-order valence-electron chi connectivity index (χ2n) is 8.58. The highest BCUT2D eigenvalue weighted by atomic mass is 16.2. The van der Waals surface area contributed by atoms with Gasteiger partial charge in [-0.05, 0) is 52.7 Å². The Kier molecular flexibility index (Phi) is 4.88. The molecule has 0 aliphatic carbocycles. The van der Waals surface area contributed by atoms with Gasteiger partial charge in [0, 0.05) is 30.1 Å². The number of carbonyl (C=O) groups excluding carboxylic acids is 1. The molecule has 1 saturated heterocycles. The van der Waals surface area contributed by atoms with Crippen LogP contribution in [0.5, 0.6) is 0 Å². The number of rotatable bonds is 4. The van der Waals surface area contributed by atoms with E-state index in [1.807, 2.05) is 18.2 Å². The number of nitrogens with zero attached hydrogens (tertiary/aromatic N) is 2. The van der Waals surface area contributed by atoms with Crippen molar-refractivity contribution in [3.05, 3.63) is 40.9 Å². The number of benzene rings is 1. The topological polar surface area (TPSA) is 76.0 Å². The van der Waals surface area contributed by atoms with Crippen molar-refractivity contribution in [2.75, 3.05) is 0 Å². The predicted octanol–water partition coefficient (Wildman–Crippen LogP) is 2.21. The number of amides is 1. The van der Waals surface area contributed by atoms with Gasteiger partial charge in [-0.3, -0.25) is 14.2 Å². The maximum Gasteiger partial charge on any atom is 0.261 e. The van der Waals surface area contributed by atoms with Crippen LogP contribution in [0.25, 0.3) is 10.9 Å². The molecule has 0 unspecified atom stereocenters. The first kappa shape index (κ1) is 18.6. The van der Waals surface area contributed by atoms with Gasteiger partial charge in [0.2, 0.25) is 5.91 Å². The largest absolute Gasteiger partial charge is 0.353 e. The van der Waals surface area contributed by atoms with Gasteiger partial charge in [-0.15, -0.1) is 0 Å². The van der Waals surface area contributed by atoms with Crippen molar-refractivity contribution < 1.29 is 4.79 Å². The molecule has 6 heteroatoms. The molecule has 140 valence electrons. The number of carbonyl (C=O) groups is 1. The second-order valence-corrected chi connectivity index (χ2v) is 8.58. The van der Waals surface area contributed by atoms with Crippen LogP contribution in [0.3, 0.4) is 0 Å². The van der Waals surface area contributed by atoms with Gasteiger partial charge < -0.3 is 10.6 Å². The van der Waals surface area contributed by atoms with Crippen LogP contribution < -0.4 is 16.2 Å². The molecule has 1 aromatic carbocycles. The Bertz CT molecular complexity index is 853. The van der Waals surface area contributed by atoms with Crippen LogP contribution in [0.15, 0.2) is 35.4 Å². The van der Waals surface area contributed by atoms with E-state index in [0.717, 1.165) is 12.8 Å². The van der Waals surface area contributed by atoms with Crippen LogP contribution in [-0.2, 0) is 11.3 Å². The molecule has 1 aliphatic heterocycles. The number of aromatic nitrogens is 2. The Morgan fingerprint density at radius 1 is 1.23 bits per heavy atom. The molecule has 1 amide bonds. The smallest absolute Gasteiger partial charge is 0.261 e. The minimum absolute atomic E-state index is 0.0150. The number of hydrogen-bond acceptors (Lipinski definition) is 4. The number of hydrogen-bond donors (Lipinski definition) is 2. The summed E-state index contributed by atoms with van der Waals surface area (Å²) in [5.74, 6) is -0.0245. The van der Waals surface area contributed by atoms with E-state index in [4.69, 9.17) is 0 Å². The van der Waals surface area contributed by atoms with Gasteiger partial charge in [0.25, 0.3) is 5.56 Å². The molecule has 2 N–H and O–H groups in total. The van der Waals surface area contributed by atoms with E-state index in [0.29, 0.717) is 17.4 Å². The molecule has 0 bridgehead atoms. The van der Waals surface area contributed by atoms with Gasteiger partial charge in [-0.25, -0.2) is 4.98 Å². The second kappa shape index (κ2) is 6.83. The molecule has 6 nitrogen and oxygen atoms in total. The van der Waals surface area contributed by atoms with Crippen LogP contribution in [0.2, 0.25) is 0 Å². The zero-order valence-electron chi connectivity index (χ0n) is 16.0. The Labute approximate surface area is 154 Å². The van der Waals surface area contributed by atoms with Crippen LogP contribution in [0.1, 0.15) is 47.0 Å². The van der Waals surface area contributed by atoms with E-state index in [1.54, 1.807) is 6.07 Å². The fraction of sp³-hybridized carbons (Fsp3) is 0.550. The maximum absolute atomic E-state index is 12.5. The van der Waals surface area contributed by atoms with Crippen molar-refractivity contribution >= 4 is 16.8 Å². The van der Waals surface area contributed by atoms with Crippen molar-refractivity contribution in [3.8, 4) is 0 Å². The molecule has 0 atom stereocenters. The third kappa shape index (κ3) is 4.30. The first-order valence-corrected chi connectivity index (χ1v) is 9.18. The summed E-state index contributed by atoms with van der Waals surface area (Å²) in [5, 5.41) is 7.34. The maximum atomic E-state index is 12.5. The fourth-order valence-corrected chi connectivity index (χ4v) is 4.21. The minimum atomic E-state index is -0.104. The van der Waals surface area contributed by atoms with Crippen molar-refractivity contribution in [2.45, 2.75) is 70.6 Å². The van der Waals surface area contributed by atoms with Crippen LogP contribution in [0, 0.1) is 0 Å². The lowest BCUT2D eigenvalue weighted by Gasteiger charge is -2.46. The number of piperidine rings is 1. The van der Waals surface area contributed by atoms with Gasteiger partial charge >= 0.3 is 0 Å². The van der Waals surface area contributed by atoms with E-state index in [1.165, 1.54) is 10.9 Å². The Morgan fingerprint density at radius 2 is 1.88 bits per heavy atom. The molecule has 1 aromatic heterocycles. The standard InChI is InChI=1S/C20H28N4O2/c1-19(2)11-14(12-20(3,4)23-19)22-17(25)9-10-24-13-21-16-8-6-5-7-15(16)18(24)26/h5-8,13-14,23H,9-12H2,1-4H3,(H,22,25). The highest BCUT2D eigenvalue weighted by molar-refractivity contribution is 5.77. The number of nitrogens with one attached hydrogen (secondary N) is 2. The lowest BCUT2D eigenvalue weighted by molar-refractivity contribution is -0.122. The molecule has 26 heavy (non-hydrogen) atoms. The van der Waals surface area contributed by atoms with E-state index >= 15 is 0 Å². The van der Waals surface area contributed by atoms with Crippen LogP contribution >= 0.6 is 0 Å². The zero-order valence-corrected chi connectivity index (χ0v) is 16.0. The number of aryl methyl sites for hydroxylation is 1. The molecule has 1 fully saturated rings. The van der Waals surface area contributed by atoms with Gasteiger partial charge in [0.15, 0.2) is 0 Å². The lowest BCUT2D eigenvalue weighted by Crippen LogP contribution is -2.62. The van der Waals surface area contributed by atoms with Crippen LogP contribution in [-0.4, -0.2) is 32.6 Å². The van der Waals surface area contributed by atoms with Gasteiger partial charge in [0.05, 0.1) is 17.2 Å². The van der Waals surface area contributed by atoms with E-state index in [9.17, 15) is 9.59 Å². The molecule has 2 heterocycles. The minimum Gasteiger partial charge on any atom is -0.353 e. The zero-order chi connectivity index (χ0) is 18.9. The highest BCUT2D eigenvalue weighted by Crippen LogP contribution is 2.28. The summed E-state index contributed by atoms with van der Waals surface area (Å²) >= 11 is 0. The Morgan fingerprint density at radius 3 is 2.58 bits per heavy atom. The summed E-state index contributed by atoms with van der Waals surface area (Å²) in [6, 6.07) is 7.40. The number of fused-ring (bicyclic) bond motifs is 1. The van der Waals surface area contributed by atoms with Crippen molar-refractivity contribution in [2.24, 2.45) is 0 Å². The molecule has 0 radical (unpaired) electrons. The summed E-state index contributed by atoms with van der Waals surface area (Å²) in [6.45, 7) is 8.97. The Hall–Kier alpha value is -2.21. The van der Waals surface area contributed by atoms with E-state index in [2.05, 4.69) is 43.3 Å². The third-order valence-corrected chi connectivity index (χ3v) is 4.87. The molecular formula is C20H28N4O2. The van der Waals surface area contributed by atoms with Gasteiger partial charge in [-0.2, -0.15) is 0 Å². The molecule has 3 rings (SSSR count).